The van der Waals surface area contributed by atoms with E-state index in [-0.39, 0.29) is 21.2 Å². The molecule has 6 heteroatoms. The third-order valence-corrected chi connectivity index (χ3v) is 3.58. The van der Waals surface area contributed by atoms with E-state index in [1.807, 2.05) is 13.8 Å². The van der Waals surface area contributed by atoms with Gasteiger partial charge in [0.2, 0.25) is 11.9 Å². The van der Waals surface area contributed by atoms with Crippen LogP contribution in [0.3, 0.4) is 0 Å². The minimum Gasteiger partial charge on any atom is -0.239 e. The van der Waals surface area contributed by atoms with Gasteiger partial charge in [-0.3, -0.25) is 0 Å². The van der Waals surface area contributed by atoms with Gasteiger partial charge in [-0.05, 0) is 0 Å². The number of halogens is 3. The minimum atomic E-state index is -1.01. The molecular weight excluding hydrogens is 242 g/mol. The summed E-state index contributed by atoms with van der Waals surface area (Å²) in [6.45, 7) is 3.85. The second-order valence-corrected chi connectivity index (χ2v) is 4.80. The molecule has 0 bridgehead atoms. The van der Waals surface area contributed by atoms with Crippen molar-refractivity contribution < 1.29 is 8.78 Å². The van der Waals surface area contributed by atoms with Crippen molar-refractivity contribution in [1.82, 2.24) is 9.97 Å². The van der Waals surface area contributed by atoms with Crippen molar-refractivity contribution in [3.8, 4) is 0 Å². The number of nitrogens with zero attached hydrogens (tertiary/aromatic N) is 2. The van der Waals surface area contributed by atoms with Crippen molar-refractivity contribution in [2.24, 2.45) is 0 Å². The molecule has 0 radical (unpaired) electrons. The van der Waals surface area contributed by atoms with Gasteiger partial charge in [0.25, 0.3) is 0 Å². The van der Waals surface area contributed by atoms with E-state index in [1.54, 1.807) is 0 Å². The van der Waals surface area contributed by atoms with E-state index in [1.165, 1.54) is 0 Å². The Hall–Kier alpha value is -0.810. The summed E-state index contributed by atoms with van der Waals surface area (Å²) in [5, 5.41) is 0.507. The summed E-state index contributed by atoms with van der Waals surface area (Å²) in [7, 11) is 0. The van der Waals surface area contributed by atoms with Crippen LogP contribution in [-0.2, 0) is 0 Å². The van der Waals surface area contributed by atoms with E-state index in [4.69, 9.17) is 11.6 Å². The van der Waals surface area contributed by atoms with Crippen LogP contribution in [0, 0.1) is 11.9 Å². The Morgan fingerprint density at radius 2 is 1.87 bits per heavy atom. The Morgan fingerprint density at radius 3 is 2.47 bits per heavy atom. The van der Waals surface area contributed by atoms with Gasteiger partial charge in [0, 0.05) is 5.92 Å². The highest BCUT2D eigenvalue weighted by Gasteiger charge is 2.18. The quantitative estimate of drug-likeness (QED) is 0.719. The predicted octanol–water partition coefficient (Wildman–Crippen LogP) is 3.75. The molecule has 15 heavy (non-hydrogen) atoms. The molecule has 0 fully saturated rings. The average molecular weight is 249 g/mol. The fourth-order valence-electron chi connectivity index (χ4n) is 1.16. The smallest absolute Gasteiger partial charge is 0.236 e. The maximum atomic E-state index is 13.3. The fraction of sp³-hybridized carbons (Fsp3) is 0.333. The van der Waals surface area contributed by atoms with Crippen LogP contribution in [0.1, 0.15) is 24.8 Å². The molecule has 0 atom stereocenters. The Kier molecular flexibility index (Phi) is 2.60. The lowest BCUT2D eigenvalue weighted by Gasteiger charge is -1.95. The first-order valence-electron chi connectivity index (χ1n) is 4.31. The van der Waals surface area contributed by atoms with Gasteiger partial charge in [0.05, 0.1) is 5.01 Å². The first-order valence-corrected chi connectivity index (χ1v) is 5.51. The SMILES string of the molecule is CC(C)c1nc2c(Cl)c(F)nc(F)c2s1. The molecule has 0 N–H and O–H groups in total. The molecular formula is C9H7ClF2N2S. The third kappa shape index (κ3) is 1.70. The number of pyridine rings is 1. The third-order valence-electron chi connectivity index (χ3n) is 1.91. The molecule has 0 unspecified atom stereocenters. The van der Waals surface area contributed by atoms with Crippen LogP contribution in [0.2, 0.25) is 5.02 Å². The lowest BCUT2D eigenvalue weighted by molar-refractivity contribution is 0.523. The summed E-state index contributed by atoms with van der Waals surface area (Å²) in [6.07, 6.45) is 0. The van der Waals surface area contributed by atoms with Gasteiger partial charge in [-0.2, -0.15) is 13.8 Å². The molecule has 2 aromatic heterocycles. The van der Waals surface area contributed by atoms with E-state index < -0.39 is 11.9 Å². The van der Waals surface area contributed by atoms with E-state index in [9.17, 15) is 8.78 Å². The molecule has 0 amide bonds. The number of fused-ring (bicyclic) bond motifs is 1. The first kappa shape index (κ1) is 10.7. The minimum absolute atomic E-state index is 0.154. The monoisotopic (exact) mass is 248 g/mol. The Labute approximate surface area is 93.9 Å². The molecule has 2 heterocycles. The van der Waals surface area contributed by atoms with Crippen molar-refractivity contribution in [1.29, 1.82) is 0 Å². The van der Waals surface area contributed by atoms with Crippen molar-refractivity contribution in [2.75, 3.05) is 0 Å². The molecule has 2 nitrogen and oxygen atoms in total. The van der Waals surface area contributed by atoms with Crippen LogP contribution >= 0.6 is 22.9 Å². The number of thiazole rings is 1. The number of rotatable bonds is 1. The second-order valence-electron chi connectivity index (χ2n) is 3.39. The summed E-state index contributed by atoms with van der Waals surface area (Å²) in [4.78, 5) is 7.18. The van der Waals surface area contributed by atoms with Gasteiger partial charge < -0.3 is 0 Å². The van der Waals surface area contributed by atoms with Crippen LogP contribution in [0.5, 0.6) is 0 Å². The summed E-state index contributed by atoms with van der Waals surface area (Å²) in [5.74, 6) is -1.71. The lowest BCUT2D eigenvalue weighted by atomic mass is 10.2. The van der Waals surface area contributed by atoms with Crippen molar-refractivity contribution in [3.63, 3.8) is 0 Å². The summed E-state index contributed by atoms with van der Waals surface area (Å²) < 4.78 is 26.5. The van der Waals surface area contributed by atoms with E-state index in [0.717, 1.165) is 16.3 Å². The molecule has 0 saturated carbocycles. The second kappa shape index (κ2) is 3.64. The zero-order chi connectivity index (χ0) is 11.2. The van der Waals surface area contributed by atoms with Gasteiger partial charge >= 0.3 is 0 Å². The Bertz CT molecular complexity index is 524. The largest absolute Gasteiger partial charge is 0.239 e. The van der Waals surface area contributed by atoms with Gasteiger partial charge in [-0.15, -0.1) is 11.3 Å². The summed E-state index contributed by atoms with van der Waals surface area (Å²) >= 11 is 6.81. The van der Waals surface area contributed by atoms with Gasteiger partial charge in [0.1, 0.15) is 15.2 Å². The Morgan fingerprint density at radius 1 is 1.20 bits per heavy atom. The topological polar surface area (TPSA) is 25.8 Å². The Balaban J connectivity index is 2.80. The predicted molar refractivity (Wildman–Crippen MR) is 56.4 cm³/mol. The average Bonchev–Trinajstić information content (AvgIpc) is 2.59. The molecule has 0 spiro atoms. The van der Waals surface area contributed by atoms with E-state index >= 15 is 0 Å². The zero-order valence-corrected chi connectivity index (χ0v) is 9.59. The number of hydrogen-bond donors (Lipinski definition) is 0. The van der Waals surface area contributed by atoms with Crippen LogP contribution in [0.25, 0.3) is 10.2 Å². The van der Waals surface area contributed by atoms with E-state index in [2.05, 4.69) is 9.97 Å². The summed E-state index contributed by atoms with van der Waals surface area (Å²) in [5.41, 5.74) is 0.162. The van der Waals surface area contributed by atoms with Crippen LogP contribution in [0.15, 0.2) is 0 Å². The zero-order valence-electron chi connectivity index (χ0n) is 8.01. The molecule has 0 aromatic carbocycles. The van der Waals surface area contributed by atoms with E-state index in [0.29, 0.717) is 0 Å². The maximum Gasteiger partial charge on any atom is 0.236 e. The van der Waals surface area contributed by atoms with Crippen molar-refractivity contribution >= 4 is 33.2 Å². The first-order chi connectivity index (χ1) is 7.00. The molecule has 80 valence electrons. The van der Waals surface area contributed by atoms with Crippen LogP contribution < -0.4 is 0 Å². The molecule has 0 aliphatic rings. The van der Waals surface area contributed by atoms with Crippen molar-refractivity contribution in [2.45, 2.75) is 19.8 Å². The standard InChI is InChI=1S/C9H7ClF2N2S/c1-3(2)9-13-5-4(10)7(11)14-8(12)6(5)15-9/h3H,1-2H3. The highest BCUT2D eigenvalue weighted by Crippen LogP contribution is 2.33. The summed E-state index contributed by atoms with van der Waals surface area (Å²) in [6, 6.07) is 0. The fourth-order valence-corrected chi connectivity index (χ4v) is 2.35. The van der Waals surface area contributed by atoms with Gasteiger partial charge in [0.15, 0.2) is 0 Å². The van der Waals surface area contributed by atoms with Crippen LogP contribution in [-0.4, -0.2) is 9.97 Å². The normalized spacial score (nSPS) is 11.6. The molecule has 0 saturated heterocycles. The molecule has 0 aliphatic heterocycles. The van der Waals surface area contributed by atoms with Gasteiger partial charge in [-0.1, -0.05) is 25.4 Å². The van der Waals surface area contributed by atoms with Crippen molar-refractivity contribution in [3.05, 3.63) is 21.9 Å². The highest BCUT2D eigenvalue weighted by molar-refractivity contribution is 7.18. The molecule has 0 aliphatic carbocycles. The van der Waals surface area contributed by atoms with Crippen LogP contribution in [0.4, 0.5) is 8.78 Å². The highest BCUT2D eigenvalue weighted by atomic mass is 35.5. The lowest BCUT2D eigenvalue weighted by Crippen LogP contribution is -1.90. The number of hydrogen-bond acceptors (Lipinski definition) is 3. The maximum absolute atomic E-state index is 13.3. The van der Waals surface area contributed by atoms with Gasteiger partial charge in [-0.25, -0.2) is 4.98 Å². The molecule has 2 rings (SSSR count). The number of aromatic nitrogens is 2. The molecule has 2 aromatic rings.